The molecule has 4 nitrogen and oxygen atoms in total. The zero-order valence-electron chi connectivity index (χ0n) is 10.1. The van der Waals surface area contributed by atoms with Crippen molar-refractivity contribution >= 4 is 29.3 Å². The molecular weight excluding hydrogens is 234 g/mol. The summed E-state index contributed by atoms with van der Waals surface area (Å²) < 4.78 is 2.16. The van der Waals surface area contributed by atoms with Gasteiger partial charge in [-0.2, -0.15) is 0 Å². The lowest BCUT2D eigenvalue weighted by Crippen LogP contribution is -2.21. The molecule has 1 aromatic rings. The first-order chi connectivity index (χ1) is 7.97. The number of nitrogens with one attached hydrogen (secondary N) is 2. The topological polar surface area (TPSA) is 46.1 Å². The molecule has 1 aromatic heterocycles. The van der Waals surface area contributed by atoms with E-state index in [1.54, 1.807) is 6.08 Å². The second-order valence-corrected chi connectivity index (χ2v) is 4.79. The Bertz CT molecular complexity index is 514. The molecule has 0 bridgehead atoms. The van der Waals surface area contributed by atoms with Gasteiger partial charge in [0.1, 0.15) is 5.70 Å². The number of hydrogen-bond donors (Lipinski definition) is 2. The average Bonchev–Trinajstić information content (AvgIpc) is 2.71. The minimum absolute atomic E-state index is 0.176. The minimum Gasteiger partial charge on any atom is -0.349 e. The van der Waals surface area contributed by atoms with Crippen molar-refractivity contribution in [3.05, 3.63) is 29.2 Å². The van der Waals surface area contributed by atoms with E-state index in [-0.39, 0.29) is 5.91 Å². The summed E-state index contributed by atoms with van der Waals surface area (Å²) in [7, 11) is 0. The third-order valence-electron chi connectivity index (χ3n) is 2.66. The number of thiocarbonyl (C=S) groups is 1. The maximum Gasteiger partial charge on any atom is 0.273 e. The fraction of sp³-hybridized carbons (Fsp3) is 0.333. The summed E-state index contributed by atoms with van der Waals surface area (Å²) >= 11 is 4.87. The van der Waals surface area contributed by atoms with Crippen molar-refractivity contribution in [1.82, 2.24) is 15.2 Å². The Labute approximate surface area is 106 Å². The van der Waals surface area contributed by atoms with E-state index in [0.29, 0.717) is 16.9 Å². The lowest BCUT2D eigenvalue weighted by molar-refractivity contribution is -0.115. The number of carbonyl (C=O) groups is 1. The van der Waals surface area contributed by atoms with Crippen molar-refractivity contribution in [3.8, 4) is 0 Å². The van der Waals surface area contributed by atoms with Crippen LogP contribution in [-0.4, -0.2) is 15.6 Å². The van der Waals surface area contributed by atoms with Crippen LogP contribution in [0.2, 0.25) is 0 Å². The van der Waals surface area contributed by atoms with Crippen LogP contribution in [-0.2, 0) is 4.79 Å². The van der Waals surface area contributed by atoms with Gasteiger partial charge in [0.05, 0.1) is 0 Å². The Morgan fingerprint density at radius 1 is 1.41 bits per heavy atom. The number of nitrogens with zero attached hydrogens (tertiary/aromatic N) is 1. The monoisotopic (exact) mass is 249 g/mol. The van der Waals surface area contributed by atoms with Gasteiger partial charge in [0.2, 0.25) is 0 Å². The SMILES string of the molecule is Cc1cc(/C=C2\NC(=S)NC2=O)cn1C(C)C. The van der Waals surface area contributed by atoms with Gasteiger partial charge in [0.15, 0.2) is 5.11 Å². The van der Waals surface area contributed by atoms with E-state index in [4.69, 9.17) is 12.2 Å². The molecule has 1 aliphatic rings. The van der Waals surface area contributed by atoms with Crippen LogP contribution < -0.4 is 10.6 Å². The van der Waals surface area contributed by atoms with Crippen molar-refractivity contribution in [1.29, 1.82) is 0 Å². The number of rotatable bonds is 2. The highest BCUT2D eigenvalue weighted by molar-refractivity contribution is 7.80. The molecule has 0 spiro atoms. The van der Waals surface area contributed by atoms with Crippen molar-refractivity contribution in [3.63, 3.8) is 0 Å². The average molecular weight is 249 g/mol. The highest BCUT2D eigenvalue weighted by atomic mass is 32.1. The van der Waals surface area contributed by atoms with E-state index in [1.807, 2.05) is 12.3 Å². The van der Waals surface area contributed by atoms with Gasteiger partial charge in [-0.3, -0.25) is 10.1 Å². The molecule has 90 valence electrons. The number of hydrogen-bond acceptors (Lipinski definition) is 2. The first kappa shape index (κ1) is 11.9. The number of amides is 1. The zero-order chi connectivity index (χ0) is 12.6. The van der Waals surface area contributed by atoms with Crippen LogP contribution in [0, 0.1) is 6.92 Å². The predicted molar refractivity (Wildman–Crippen MR) is 71.4 cm³/mol. The zero-order valence-corrected chi connectivity index (χ0v) is 10.9. The summed E-state index contributed by atoms with van der Waals surface area (Å²) in [5.41, 5.74) is 2.67. The molecule has 0 saturated carbocycles. The van der Waals surface area contributed by atoms with E-state index in [9.17, 15) is 4.79 Å². The summed E-state index contributed by atoms with van der Waals surface area (Å²) in [6, 6.07) is 2.46. The van der Waals surface area contributed by atoms with Crippen molar-refractivity contribution < 1.29 is 4.79 Å². The molecule has 2 heterocycles. The molecule has 0 unspecified atom stereocenters. The summed E-state index contributed by atoms with van der Waals surface area (Å²) in [4.78, 5) is 11.5. The highest BCUT2D eigenvalue weighted by Crippen LogP contribution is 2.16. The molecule has 1 amide bonds. The number of aryl methyl sites for hydroxylation is 1. The highest BCUT2D eigenvalue weighted by Gasteiger charge is 2.20. The van der Waals surface area contributed by atoms with Gasteiger partial charge >= 0.3 is 0 Å². The Morgan fingerprint density at radius 2 is 2.12 bits per heavy atom. The Kier molecular flexibility index (Phi) is 3.02. The van der Waals surface area contributed by atoms with Gasteiger partial charge in [-0.1, -0.05) is 0 Å². The van der Waals surface area contributed by atoms with Crippen LogP contribution in [0.5, 0.6) is 0 Å². The quantitative estimate of drug-likeness (QED) is 0.620. The van der Waals surface area contributed by atoms with Crippen LogP contribution >= 0.6 is 12.2 Å². The van der Waals surface area contributed by atoms with Gasteiger partial charge in [-0.25, -0.2) is 0 Å². The smallest absolute Gasteiger partial charge is 0.273 e. The molecule has 0 aliphatic carbocycles. The largest absolute Gasteiger partial charge is 0.349 e. The second kappa shape index (κ2) is 4.33. The number of carbonyl (C=O) groups excluding carboxylic acids is 1. The predicted octanol–water partition coefficient (Wildman–Crippen LogP) is 1.72. The normalized spacial score (nSPS) is 17.8. The summed E-state index contributed by atoms with van der Waals surface area (Å²) in [5.74, 6) is -0.176. The summed E-state index contributed by atoms with van der Waals surface area (Å²) in [5, 5.41) is 5.73. The van der Waals surface area contributed by atoms with Gasteiger partial charge < -0.3 is 9.88 Å². The first-order valence-electron chi connectivity index (χ1n) is 5.50. The van der Waals surface area contributed by atoms with Crippen LogP contribution in [0.25, 0.3) is 6.08 Å². The third-order valence-corrected chi connectivity index (χ3v) is 2.86. The van der Waals surface area contributed by atoms with Crippen molar-refractivity contribution in [2.24, 2.45) is 0 Å². The van der Waals surface area contributed by atoms with Crippen LogP contribution in [0.4, 0.5) is 0 Å². The van der Waals surface area contributed by atoms with E-state index in [1.165, 1.54) is 5.69 Å². The third kappa shape index (κ3) is 2.39. The van der Waals surface area contributed by atoms with Crippen molar-refractivity contribution in [2.75, 3.05) is 0 Å². The molecule has 2 N–H and O–H groups in total. The minimum atomic E-state index is -0.176. The van der Waals surface area contributed by atoms with E-state index in [0.717, 1.165) is 5.56 Å². The molecule has 1 aliphatic heterocycles. The first-order valence-corrected chi connectivity index (χ1v) is 5.90. The van der Waals surface area contributed by atoms with Crippen molar-refractivity contribution in [2.45, 2.75) is 26.8 Å². The molecule has 5 heteroatoms. The Hall–Kier alpha value is -1.62. The molecule has 0 atom stereocenters. The molecule has 1 fully saturated rings. The molecular formula is C12H15N3OS. The van der Waals surface area contributed by atoms with Gasteiger partial charge in [0.25, 0.3) is 5.91 Å². The van der Waals surface area contributed by atoms with Gasteiger partial charge in [-0.15, -0.1) is 0 Å². The maximum absolute atomic E-state index is 11.5. The lowest BCUT2D eigenvalue weighted by atomic mass is 10.2. The van der Waals surface area contributed by atoms with Gasteiger partial charge in [0, 0.05) is 17.9 Å². The molecule has 17 heavy (non-hydrogen) atoms. The van der Waals surface area contributed by atoms with Gasteiger partial charge in [-0.05, 0) is 50.7 Å². The fourth-order valence-electron chi connectivity index (χ4n) is 1.90. The number of aromatic nitrogens is 1. The lowest BCUT2D eigenvalue weighted by Gasteiger charge is -2.08. The molecule has 0 aromatic carbocycles. The fourth-order valence-corrected chi connectivity index (χ4v) is 2.10. The molecule has 1 saturated heterocycles. The second-order valence-electron chi connectivity index (χ2n) is 4.38. The Balaban J connectivity index is 2.30. The van der Waals surface area contributed by atoms with E-state index < -0.39 is 0 Å². The maximum atomic E-state index is 11.5. The molecule has 0 radical (unpaired) electrons. The van der Waals surface area contributed by atoms with Crippen LogP contribution in [0.1, 0.15) is 31.1 Å². The summed E-state index contributed by atoms with van der Waals surface area (Å²) in [6.07, 6.45) is 3.84. The van der Waals surface area contributed by atoms with Crippen LogP contribution in [0.3, 0.4) is 0 Å². The Morgan fingerprint density at radius 3 is 2.59 bits per heavy atom. The summed E-state index contributed by atoms with van der Waals surface area (Å²) in [6.45, 7) is 6.30. The molecule has 2 rings (SSSR count). The standard InChI is InChI=1S/C12H15N3OS/c1-7(2)15-6-9(4-8(15)3)5-10-11(16)14-12(17)13-10/h4-7H,1-3H3,(H2,13,14,16,17)/b10-5-. The van der Waals surface area contributed by atoms with E-state index >= 15 is 0 Å². The van der Waals surface area contributed by atoms with E-state index in [2.05, 4.69) is 36.0 Å². The van der Waals surface area contributed by atoms with Crippen LogP contribution in [0.15, 0.2) is 18.0 Å².